The van der Waals surface area contributed by atoms with Gasteiger partial charge in [-0.1, -0.05) is 24.3 Å². The van der Waals surface area contributed by atoms with Crippen molar-refractivity contribution in [3.8, 4) is 0 Å². The highest BCUT2D eigenvalue weighted by Gasteiger charge is 2.36. The molecule has 0 unspecified atom stereocenters. The lowest BCUT2D eigenvalue weighted by Crippen LogP contribution is -2.36. The van der Waals surface area contributed by atoms with Gasteiger partial charge in [0.05, 0.1) is 9.83 Å². The number of hydrogen-bond donors (Lipinski definition) is 1. The second kappa shape index (κ2) is 8.27. The summed E-state index contributed by atoms with van der Waals surface area (Å²) in [5.41, 5.74) is 2.83. The minimum Gasteiger partial charge on any atom is -0.324 e. The molecule has 1 heterocycles. The number of carbonyl (C=O) groups is 3. The van der Waals surface area contributed by atoms with E-state index >= 15 is 0 Å². The summed E-state index contributed by atoms with van der Waals surface area (Å²) in [7, 11) is 0. The Balaban J connectivity index is 1.73. The molecule has 1 aliphatic heterocycles. The molecule has 148 valence electrons. The third-order valence-electron chi connectivity index (χ3n) is 4.43. The molecular formula is C20H17N3O5S. The summed E-state index contributed by atoms with van der Waals surface area (Å²) in [5.74, 6) is -1.10. The summed E-state index contributed by atoms with van der Waals surface area (Å²) < 4.78 is 0. The van der Waals surface area contributed by atoms with E-state index in [-0.39, 0.29) is 10.6 Å². The quantitative estimate of drug-likeness (QED) is 0.454. The fraction of sp³-hybridized carbons (Fsp3) is 0.150. The first-order valence-electron chi connectivity index (χ1n) is 8.62. The molecule has 2 aromatic rings. The van der Waals surface area contributed by atoms with Gasteiger partial charge in [0.25, 0.3) is 16.8 Å². The zero-order valence-corrected chi connectivity index (χ0v) is 16.5. The van der Waals surface area contributed by atoms with Crippen LogP contribution >= 0.6 is 11.8 Å². The lowest BCUT2D eigenvalue weighted by Gasteiger charge is -2.14. The first kappa shape index (κ1) is 20.3. The summed E-state index contributed by atoms with van der Waals surface area (Å²) in [5, 5.41) is 13.0. The van der Waals surface area contributed by atoms with Crippen molar-refractivity contribution in [2.45, 2.75) is 13.8 Å². The van der Waals surface area contributed by atoms with Crippen LogP contribution in [0.4, 0.5) is 16.2 Å². The zero-order valence-electron chi connectivity index (χ0n) is 15.7. The van der Waals surface area contributed by atoms with Crippen LogP contribution in [0.2, 0.25) is 0 Å². The summed E-state index contributed by atoms with van der Waals surface area (Å²) in [6, 6.07) is 11.2. The van der Waals surface area contributed by atoms with Crippen LogP contribution in [0.1, 0.15) is 16.7 Å². The van der Waals surface area contributed by atoms with Gasteiger partial charge in [-0.3, -0.25) is 29.4 Å². The average Bonchev–Trinajstić information content (AvgIpc) is 2.93. The highest BCUT2D eigenvalue weighted by atomic mass is 32.2. The predicted octanol–water partition coefficient (Wildman–Crippen LogP) is 3.89. The molecule has 1 fully saturated rings. The Bertz CT molecular complexity index is 1060. The first-order valence-corrected chi connectivity index (χ1v) is 9.44. The number of nitro groups is 1. The Kier molecular flexibility index (Phi) is 5.79. The van der Waals surface area contributed by atoms with Crippen molar-refractivity contribution in [2.24, 2.45) is 0 Å². The van der Waals surface area contributed by atoms with Crippen LogP contribution in [0.3, 0.4) is 0 Å². The van der Waals surface area contributed by atoms with Gasteiger partial charge in [0, 0.05) is 17.8 Å². The third-order valence-corrected chi connectivity index (χ3v) is 5.34. The van der Waals surface area contributed by atoms with Crippen LogP contribution in [0.15, 0.2) is 47.4 Å². The lowest BCUT2D eigenvalue weighted by molar-refractivity contribution is -0.384. The molecule has 3 rings (SSSR count). The summed E-state index contributed by atoms with van der Waals surface area (Å²) in [6.07, 6.45) is 1.40. The van der Waals surface area contributed by atoms with Crippen molar-refractivity contribution in [2.75, 3.05) is 11.9 Å². The number of benzene rings is 2. The number of amides is 3. The van der Waals surface area contributed by atoms with Crippen molar-refractivity contribution >= 4 is 46.3 Å². The number of thioether (sulfide) groups is 1. The largest absolute Gasteiger partial charge is 0.324 e. The van der Waals surface area contributed by atoms with E-state index in [9.17, 15) is 24.5 Å². The van der Waals surface area contributed by atoms with Crippen LogP contribution < -0.4 is 5.32 Å². The highest BCUT2D eigenvalue weighted by Crippen LogP contribution is 2.32. The molecule has 1 N–H and O–H groups in total. The first-order chi connectivity index (χ1) is 13.8. The Morgan fingerprint density at radius 3 is 2.66 bits per heavy atom. The molecule has 2 aromatic carbocycles. The number of nitrogens with zero attached hydrogens (tertiary/aromatic N) is 2. The number of imide groups is 1. The molecule has 1 aliphatic rings. The summed E-state index contributed by atoms with van der Waals surface area (Å²) in [6.45, 7) is 3.37. The van der Waals surface area contributed by atoms with Crippen molar-refractivity contribution in [1.82, 2.24) is 4.90 Å². The van der Waals surface area contributed by atoms with Gasteiger partial charge in [-0.25, -0.2) is 0 Å². The Morgan fingerprint density at radius 2 is 1.93 bits per heavy atom. The summed E-state index contributed by atoms with van der Waals surface area (Å²) >= 11 is 0.693. The number of carbonyl (C=O) groups excluding carboxylic acids is 3. The predicted molar refractivity (Wildman–Crippen MR) is 110 cm³/mol. The summed E-state index contributed by atoms with van der Waals surface area (Å²) in [4.78, 5) is 48.4. The number of hydrogen-bond acceptors (Lipinski definition) is 6. The SMILES string of the molecule is Cc1cccc(NC(=O)CN2C(=O)S/C(=C/c3cccc([N+](=O)[O-])c3)C2=O)c1C. The molecular weight excluding hydrogens is 394 g/mol. The number of non-ortho nitro benzene ring substituents is 1. The minimum atomic E-state index is -0.609. The molecule has 0 spiro atoms. The molecule has 0 saturated carbocycles. The second-order valence-electron chi connectivity index (χ2n) is 6.42. The van der Waals surface area contributed by atoms with Crippen LogP contribution in [0.5, 0.6) is 0 Å². The van der Waals surface area contributed by atoms with Gasteiger partial charge in [-0.2, -0.15) is 0 Å². The average molecular weight is 411 g/mol. The number of anilines is 1. The molecule has 0 bridgehead atoms. The molecule has 1 saturated heterocycles. The molecule has 0 radical (unpaired) electrons. The molecule has 0 atom stereocenters. The maximum atomic E-state index is 12.6. The van der Waals surface area contributed by atoms with Crippen LogP contribution in [-0.2, 0) is 9.59 Å². The van der Waals surface area contributed by atoms with E-state index in [2.05, 4.69) is 5.32 Å². The maximum Gasteiger partial charge on any atom is 0.294 e. The van der Waals surface area contributed by atoms with Gasteiger partial charge in [0.2, 0.25) is 5.91 Å². The Hall–Kier alpha value is -3.46. The lowest BCUT2D eigenvalue weighted by atomic mass is 10.1. The van der Waals surface area contributed by atoms with Crippen molar-refractivity contribution in [3.63, 3.8) is 0 Å². The number of nitrogens with one attached hydrogen (secondary N) is 1. The van der Waals surface area contributed by atoms with Gasteiger partial charge in [0.1, 0.15) is 6.54 Å². The van der Waals surface area contributed by atoms with Gasteiger partial charge >= 0.3 is 0 Å². The van der Waals surface area contributed by atoms with Crippen LogP contribution in [-0.4, -0.2) is 33.4 Å². The van der Waals surface area contributed by atoms with Gasteiger partial charge in [0.15, 0.2) is 0 Å². The Labute approximate surface area is 170 Å². The topological polar surface area (TPSA) is 110 Å². The standard InChI is InChI=1S/C20H17N3O5S/c1-12-5-3-8-16(13(12)2)21-18(24)11-22-19(25)17(29-20(22)26)10-14-6-4-7-15(9-14)23(27)28/h3-10H,11H2,1-2H3,(H,21,24)/b17-10+. The van der Waals surface area contributed by atoms with E-state index in [1.165, 1.54) is 24.3 Å². The van der Waals surface area contributed by atoms with Crippen LogP contribution in [0, 0.1) is 24.0 Å². The van der Waals surface area contributed by atoms with Crippen molar-refractivity contribution in [1.29, 1.82) is 0 Å². The maximum absolute atomic E-state index is 12.6. The molecule has 29 heavy (non-hydrogen) atoms. The van der Waals surface area contributed by atoms with Crippen LogP contribution in [0.25, 0.3) is 6.08 Å². The molecule has 9 heteroatoms. The minimum absolute atomic E-state index is 0.107. The van der Waals surface area contributed by atoms with Crippen molar-refractivity contribution in [3.05, 3.63) is 74.2 Å². The van der Waals surface area contributed by atoms with Gasteiger partial charge in [-0.15, -0.1) is 0 Å². The van der Waals surface area contributed by atoms with E-state index in [0.717, 1.165) is 16.0 Å². The van der Waals surface area contributed by atoms with Gasteiger partial charge < -0.3 is 5.32 Å². The number of rotatable bonds is 5. The molecule has 0 aromatic heterocycles. The smallest absolute Gasteiger partial charge is 0.294 e. The monoisotopic (exact) mass is 411 g/mol. The van der Waals surface area contributed by atoms with E-state index in [1.807, 2.05) is 19.9 Å². The fourth-order valence-corrected chi connectivity index (χ4v) is 3.57. The normalized spacial score (nSPS) is 15.1. The highest BCUT2D eigenvalue weighted by molar-refractivity contribution is 8.18. The number of aryl methyl sites for hydroxylation is 1. The van der Waals surface area contributed by atoms with Crippen molar-refractivity contribution < 1.29 is 19.3 Å². The second-order valence-corrected chi connectivity index (χ2v) is 7.41. The Morgan fingerprint density at radius 1 is 1.21 bits per heavy atom. The zero-order chi connectivity index (χ0) is 21.1. The van der Waals surface area contributed by atoms with E-state index in [0.29, 0.717) is 23.0 Å². The van der Waals surface area contributed by atoms with E-state index in [4.69, 9.17) is 0 Å². The third kappa shape index (κ3) is 4.52. The molecule has 0 aliphatic carbocycles. The van der Waals surface area contributed by atoms with E-state index < -0.39 is 28.5 Å². The number of nitro benzene ring substituents is 1. The molecule has 3 amide bonds. The van der Waals surface area contributed by atoms with Gasteiger partial charge in [-0.05, 0) is 54.4 Å². The molecule has 8 nitrogen and oxygen atoms in total. The fourth-order valence-electron chi connectivity index (χ4n) is 2.74. The van der Waals surface area contributed by atoms with E-state index in [1.54, 1.807) is 18.2 Å².